The fourth-order valence-corrected chi connectivity index (χ4v) is 6.59. The Hall–Kier alpha value is -5.98. The van der Waals surface area contributed by atoms with Crippen LogP contribution < -0.4 is 0 Å². The minimum absolute atomic E-state index is 0.0244. The molecular weight excluding hydrogens is 553 g/mol. The molecule has 0 N–H and O–H groups in total. The Kier molecular flexibility index (Phi) is 4.76. The molecule has 0 unspecified atom stereocenters. The Bertz CT molecular complexity index is 2950. The van der Waals surface area contributed by atoms with Crippen molar-refractivity contribution in [2.75, 3.05) is 0 Å². The van der Waals surface area contributed by atoms with Crippen molar-refractivity contribution in [3.05, 3.63) is 182 Å². The van der Waals surface area contributed by atoms with E-state index in [0.717, 1.165) is 32.7 Å². The maximum absolute atomic E-state index is 9.93. The number of benzene rings is 9. The molecule has 0 spiro atoms. The fourth-order valence-electron chi connectivity index (χ4n) is 6.59. The van der Waals surface area contributed by atoms with Crippen LogP contribution in [0.4, 0.5) is 0 Å². The zero-order valence-corrected chi connectivity index (χ0v) is 24.8. The summed E-state index contributed by atoms with van der Waals surface area (Å²) in [5.74, 6) is 0. The lowest BCUT2D eigenvalue weighted by Gasteiger charge is -2.19. The molecule has 0 aliphatic heterocycles. The van der Waals surface area contributed by atoms with E-state index in [0.29, 0.717) is 44.2 Å². The van der Waals surface area contributed by atoms with Gasteiger partial charge in [-0.2, -0.15) is 0 Å². The Morgan fingerprint density at radius 3 is 1.39 bits per heavy atom. The summed E-state index contributed by atoms with van der Waals surface area (Å²) in [4.78, 5) is 0. The van der Waals surface area contributed by atoms with E-state index in [1.807, 2.05) is 109 Å². The predicted octanol–water partition coefficient (Wildman–Crippen LogP) is 13.0. The highest BCUT2D eigenvalue weighted by molar-refractivity contribution is 6.22. The summed E-state index contributed by atoms with van der Waals surface area (Å²) in [6.45, 7) is 0. The van der Waals surface area contributed by atoms with E-state index < -0.39 is 0 Å². The standard InChI is InChI=1S/C46H30/c1-2-12-34(13-3-1)45-41-16-8-9-17-42(41)46(35-22-18-33(19-23-35)38-24-20-31-10-4-6-14-36(31)28-38)44-30-40(26-27-43(44)45)39-25-21-32-11-5-7-15-37(32)29-39/h1-30H/i8D,9D,16D,17D,26D,27D,30D. The van der Waals surface area contributed by atoms with Gasteiger partial charge in [-0.25, -0.2) is 0 Å². The van der Waals surface area contributed by atoms with Gasteiger partial charge in [0.2, 0.25) is 0 Å². The highest BCUT2D eigenvalue weighted by Crippen LogP contribution is 2.45. The highest BCUT2D eigenvalue weighted by atomic mass is 14.2. The van der Waals surface area contributed by atoms with Crippen molar-refractivity contribution in [3.63, 3.8) is 0 Å². The van der Waals surface area contributed by atoms with E-state index in [4.69, 9.17) is 2.74 Å². The van der Waals surface area contributed by atoms with Crippen LogP contribution in [0.15, 0.2) is 182 Å². The minimum Gasteiger partial charge on any atom is -0.0622 e. The third kappa shape index (κ3) is 4.47. The Labute approximate surface area is 278 Å². The van der Waals surface area contributed by atoms with Crippen LogP contribution in [0.5, 0.6) is 0 Å². The van der Waals surface area contributed by atoms with Crippen molar-refractivity contribution >= 4 is 43.1 Å². The molecular formula is C46H30. The number of hydrogen-bond acceptors (Lipinski definition) is 0. The molecule has 0 aromatic heterocycles. The molecule has 0 nitrogen and oxygen atoms in total. The molecule has 0 atom stereocenters. The van der Waals surface area contributed by atoms with Crippen LogP contribution in [0.25, 0.3) is 87.6 Å². The molecule has 9 aromatic carbocycles. The topological polar surface area (TPSA) is 0 Å². The summed E-state index contributed by atoms with van der Waals surface area (Å²) in [7, 11) is 0. The van der Waals surface area contributed by atoms with E-state index in [1.165, 1.54) is 0 Å². The fraction of sp³-hybridized carbons (Fsp3) is 0. The van der Waals surface area contributed by atoms with E-state index in [1.54, 1.807) is 0 Å². The largest absolute Gasteiger partial charge is 0.0636 e. The second kappa shape index (κ2) is 10.9. The Balaban J connectivity index is 1.43. The van der Waals surface area contributed by atoms with Gasteiger partial charge in [-0.3, -0.25) is 0 Å². The van der Waals surface area contributed by atoms with Gasteiger partial charge in [-0.15, -0.1) is 0 Å². The van der Waals surface area contributed by atoms with Crippen molar-refractivity contribution in [1.29, 1.82) is 0 Å². The van der Waals surface area contributed by atoms with Crippen molar-refractivity contribution in [3.8, 4) is 44.5 Å². The second-order valence-corrected chi connectivity index (χ2v) is 11.6. The van der Waals surface area contributed by atoms with Crippen LogP contribution in [0.3, 0.4) is 0 Å². The lowest BCUT2D eigenvalue weighted by atomic mass is 9.84. The molecule has 0 aliphatic carbocycles. The van der Waals surface area contributed by atoms with Crippen LogP contribution in [-0.2, 0) is 0 Å². The summed E-state index contributed by atoms with van der Waals surface area (Å²) >= 11 is 0. The van der Waals surface area contributed by atoms with Crippen molar-refractivity contribution < 1.29 is 9.60 Å². The Morgan fingerprint density at radius 1 is 0.304 bits per heavy atom. The molecule has 0 fully saturated rings. The summed E-state index contributed by atoms with van der Waals surface area (Å²) in [6, 6.07) is 43.8. The molecule has 9 aromatic rings. The van der Waals surface area contributed by atoms with Gasteiger partial charge in [0.1, 0.15) is 0 Å². The van der Waals surface area contributed by atoms with Gasteiger partial charge in [0.05, 0.1) is 9.60 Å². The van der Waals surface area contributed by atoms with Crippen LogP contribution in [0.2, 0.25) is 0 Å². The van der Waals surface area contributed by atoms with Crippen molar-refractivity contribution in [1.82, 2.24) is 0 Å². The quantitative estimate of drug-likeness (QED) is 0.179. The SMILES string of the molecule is [2H]c1c([2H])c([2H])c2c(-c3ccc(-c4ccc5ccccc5c4)cc3)c3c([2H])c(-c4ccc5ccccc5c4)c([2H])c([2H])c3c(-c3ccccc3)c2c1[2H]. The third-order valence-corrected chi connectivity index (χ3v) is 8.86. The summed E-state index contributed by atoms with van der Waals surface area (Å²) in [5, 5.41) is 5.42. The zero-order chi connectivity index (χ0) is 36.5. The van der Waals surface area contributed by atoms with Gasteiger partial charge in [0.25, 0.3) is 0 Å². The first kappa shape index (κ1) is 20.1. The molecule has 0 heteroatoms. The first-order valence-corrected chi connectivity index (χ1v) is 15.4. The molecule has 214 valence electrons. The zero-order valence-electron chi connectivity index (χ0n) is 31.8. The molecule has 0 radical (unpaired) electrons. The van der Waals surface area contributed by atoms with Crippen LogP contribution in [0.1, 0.15) is 9.60 Å². The molecule has 0 saturated heterocycles. The first-order valence-electron chi connectivity index (χ1n) is 18.9. The molecule has 9 rings (SSSR count). The number of fused-ring (bicyclic) bond motifs is 4. The van der Waals surface area contributed by atoms with Gasteiger partial charge < -0.3 is 0 Å². The van der Waals surface area contributed by atoms with Gasteiger partial charge in [-0.05, 0) is 106 Å². The van der Waals surface area contributed by atoms with Gasteiger partial charge >= 0.3 is 0 Å². The van der Waals surface area contributed by atoms with Crippen LogP contribution in [-0.4, -0.2) is 0 Å². The molecule has 0 bridgehead atoms. The van der Waals surface area contributed by atoms with Gasteiger partial charge in [0, 0.05) is 0 Å². The summed E-state index contributed by atoms with van der Waals surface area (Å²) in [6.07, 6.45) is 0. The smallest absolute Gasteiger partial charge is 0.0622 e. The normalized spacial score (nSPS) is 13.6. The first-order chi connectivity index (χ1) is 25.7. The minimum atomic E-state index is -0.381. The predicted molar refractivity (Wildman–Crippen MR) is 198 cm³/mol. The molecule has 0 aliphatic rings. The van der Waals surface area contributed by atoms with Crippen LogP contribution in [0, 0.1) is 0 Å². The van der Waals surface area contributed by atoms with Crippen molar-refractivity contribution in [2.45, 2.75) is 0 Å². The molecule has 0 amide bonds. The second-order valence-electron chi connectivity index (χ2n) is 11.6. The lowest BCUT2D eigenvalue weighted by Crippen LogP contribution is -1.92. The molecule has 0 saturated carbocycles. The van der Waals surface area contributed by atoms with E-state index in [-0.39, 0.29) is 53.1 Å². The maximum atomic E-state index is 9.93. The molecule has 0 heterocycles. The summed E-state index contributed by atoms with van der Waals surface area (Å²) < 4.78 is 65.1. The van der Waals surface area contributed by atoms with E-state index in [9.17, 15) is 6.85 Å². The van der Waals surface area contributed by atoms with E-state index in [2.05, 4.69) is 30.3 Å². The monoisotopic (exact) mass is 589 g/mol. The Morgan fingerprint density at radius 2 is 0.761 bits per heavy atom. The molecule has 46 heavy (non-hydrogen) atoms. The third-order valence-electron chi connectivity index (χ3n) is 8.86. The van der Waals surface area contributed by atoms with Crippen molar-refractivity contribution in [2.24, 2.45) is 0 Å². The number of rotatable bonds is 4. The highest BCUT2D eigenvalue weighted by Gasteiger charge is 2.17. The maximum Gasteiger partial charge on any atom is 0.0636 e. The van der Waals surface area contributed by atoms with E-state index >= 15 is 0 Å². The summed E-state index contributed by atoms with van der Waals surface area (Å²) in [5.41, 5.74) is 5.04. The lowest BCUT2D eigenvalue weighted by molar-refractivity contribution is 1.62. The van der Waals surface area contributed by atoms with Gasteiger partial charge in [0.15, 0.2) is 0 Å². The average molecular weight is 590 g/mol. The van der Waals surface area contributed by atoms with Gasteiger partial charge in [-0.1, -0.05) is 164 Å². The number of hydrogen-bond donors (Lipinski definition) is 0. The van der Waals surface area contributed by atoms with Crippen LogP contribution >= 0.6 is 0 Å². The average Bonchev–Trinajstić information content (AvgIpc) is 3.20.